The second-order valence-electron chi connectivity index (χ2n) is 3.62. The molecule has 0 amide bonds. The van der Waals surface area contributed by atoms with Gasteiger partial charge in [-0.3, -0.25) is 9.36 Å². The number of halogens is 1. The second kappa shape index (κ2) is 6.10. The van der Waals surface area contributed by atoms with E-state index in [4.69, 9.17) is 0 Å². The van der Waals surface area contributed by atoms with E-state index >= 15 is 0 Å². The number of carbonyl (C=O) groups excluding carboxylic acids is 1. The van der Waals surface area contributed by atoms with Gasteiger partial charge in [-0.05, 0) is 31.2 Å². The Bertz CT molecular complexity index is 668. The van der Waals surface area contributed by atoms with Crippen molar-refractivity contribution < 1.29 is 43.8 Å². The van der Waals surface area contributed by atoms with Crippen molar-refractivity contribution >= 4 is 5.97 Å². The molecule has 0 aliphatic carbocycles. The van der Waals surface area contributed by atoms with Gasteiger partial charge in [0.25, 0.3) is 5.56 Å². The molecule has 5 nitrogen and oxygen atoms in total. The van der Waals surface area contributed by atoms with Crippen molar-refractivity contribution in [2.45, 2.75) is 6.92 Å². The molecule has 1 heterocycles. The summed E-state index contributed by atoms with van der Waals surface area (Å²) in [5.74, 6) is -1.74. The van der Waals surface area contributed by atoms with Gasteiger partial charge in [-0.25, -0.2) is 9.37 Å². The molecule has 0 atom stereocenters. The summed E-state index contributed by atoms with van der Waals surface area (Å²) >= 11 is 0. The van der Waals surface area contributed by atoms with Gasteiger partial charge in [-0.2, -0.15) is 0 Å². The predicted molar refractivity (Wildman–Crippen MR) is 58.9 cm³/mol. The van der Waals surface area contributed by atoms with Crippen LogP contribution in [0.25, 0.3) is 5.69 Å². The first-order valence-corrected chi connectivity index (χ1v) is 5.06. The van der Waals surface area contributed by atoms with Gasteiger partial charge in [0.2, 0.25) is 0 Å². The van der Waals surface area contributed by atoms with Crippen LogP contribution in [-0.2, 0) is 0 Å². The molecular weight excluding hydrogens is 262 g/mol. The second-order valence-corrected chi connectivity index (χ2v) is 3.62. The summed E-state index contributed by atoms with van der Waals surface area (Å²) in [5, 5.41) is 10.7. The Morgan fingerprint density at radius 1 is 1.32 bits per heavy atom. The largest absolute Gasteiger partial charge is 1.00 e. The van der Waals surface area contributed by atoms with Crippen LogP contribution in [0.1, 0.15) is 16.2 Å². The van der Waals surface area contributed by atoms with Gasteiger partial charge < -0.3 is 9.90 Å². The van der Waals surface area contributed by atoms with Crippen molar-refractivity contribution in [2.75, 3.05) is 0 Å². The fourth-order valence-corrected chi connectivity index (χ4v) is 1.57. The molecule has 2 aromatic rings. The topological polar surface area (TPSA) is 75.0 Å². The van der Waals surface area contributed by atoms with Gasteiger partial charge in [0.05, 0.1) is 17.2 Å². The molecule has 2 rings (SSSR count). The van der Waals surface area contributed by atoms with Crippen molar-refractivity contribution in [1.29, 1.82) is 0 Å². The normalized spacial score (nSPS) is 9.79. The molecule has 0 fully saturated rings. The van der Waals surface area contributed by atoms with Crippen molar-refractivity contribution in [1.82, 2.24) is 9.55 Å². The van der Waals surface area contributed by atoms with Crippen molar-refractivity contribution in [3.63, 3.8) is 0 Å². The quantitative estimate of drug-likeness (QED) is 0.547. The third-order valence-electron chi connectivity index (χ3n) is 2.44. The fraction of sp³-hybridized carbons (Fsp3) is 0.0833. The molecule has 0 aliphatic heterocycles. The van der Waals surface area contributed by atoms with Crippen LogP contribution in [0.15, 0.2) is 35.3 Å². The molecule has 92 valence electrons. The van der Waals surface area contributed by atoms with Crippen LogP contribution in [0, 0.1) is 12.7 Å². The number of nitrogens with zero attached hydrogens (tertiary/aromatic N) is 2. The number of rotatable bonds is 2. The average molecular weight is 270 g/mol. The first-order chi connectivity index (χ1) is 8.50. The summed E-state index contributed by atoms with van der Waals surface area (Å²) in [6.07, 6.45) is 0.951. The molecule has 0 N–H and O–H groups in total. The van der Waals surface area contributed by atoms with Crippen LogP contribution in [0.2, 0.25) is 0 Å². The van der Waals surface area contributed by atoms with Gasteiger partial charge in [-0.15, -0.1) is 0 Å². The number of hydrogen-bond acceptors (Lipinski definition) is 4. The predicted octanol–water partition coefficient (Wildman–Crippen LogP) is -2.95. The summed E-state index contributed by atoms with van der Waals surface area (Å²) < 4.78 is 13.9. The van der Waals surface area contributed by atoms with E-state index in [0.717, 1.165) is 10.8 Å². The summed E-state index contributed by atoms with van der Waals surface area (Å²) in [7, 11) is 0. The minimum absolute atomic E-state index is 0. The van der Waals surface area contributed by atoms with Gasteiger partial charge in [0, 0.05) is 6.20 Å². The molecule has 0 saturated heterocycles. The molecule has 0 radical (unpaired) electrons. The Hall–Kier alpha value is -1.50. The van der Waals surface area contributed by atoms with Crippen molar-refractivity contribution in [3.05, 3.63) is 58.0 Å². The van der Waals surface area contributed by atoms with Crippen LogP contribution in [0.3, 0.4) is 0 Å². The smallest absolute Gasteiger partial charge is 0.545 e. The number of carboxylic acid groups (broad SMARTS) is 1. The zero-order valence-corrected chi connectivity index (χ0v) is 12.4. The molecule has 0 aliphatic rings. The Labute approximate surface area is 130 Å². The molecule has 1 aromatic carbocycles. The number of carbonyl (C=O) groups is 1. The number of aromatic carboxylic acids is 1. The maximum Gasteiger partial charge on any atom is 1.00 e. The first-order valence-electron chi connectivity index (χ1n) is 5.06. The van der Waals surface area contributed by atoms with E-state index < -0.39 is 22.9 Å². The molecule has 0 bridgehead atoms. The van der Waals surface area contributed by atoms with Crippen LogP contribution >= 0.6 is 0 Å². The molecule has 0 unspecified atom stereocenters. The van der Waals surface area contributed by atoms with Crippen LogP contribution in [-0.4, -0.2) is 15.5 Å². The van der Waals surface area contributed by atoms with E-state index in [1.54, 1.807) is 6.92 Å². The molecule has 7 heteroatoms. The van der Waals surface area contributed by atoms with Crippen molar-refractivity contribution in [3.8, 4) is 5.69 Å². The molecule has 1 aromatic heterocycles. The van der Waals surface area contributed by atoms with E-state index in [-0.39, 0.29) is 29.6 Å². The van der Waals surface area contributed by atoms with Crippen LogP contribution in [0.4, 0.5) is 4.39 Å². The summed E-state index contributed by atoms with van der Waals surface area (Å²) in [6, 6.07) is 5.08. The SMILES string of the molecule is Cc1ncc(C(=O)[O-])c(=O)n1-c1ccc(F)cc1.[Na+]. The summed E-state index contributed by atoms with van der Waals surface area (Å²) in [5.41, 5.74) is -0.950. The monoisotopic (exact) mass is 270 g/mol. The third-order valence-corrected chi connectivity index (χ3v) is 2.44. The van der Waals surface area contributed by atoms with E-state index in [0.29, 0.717) is 11.5 Å². The Kier molecular flexibility index (Phi) is 4.99. The van der Waals surface area contributed by atoms with E-state index in [1.165, 1.54) is 24.3 Å². The Morgan fingerprint density at radius 2 is 1.89 bits per heavy atom. The van der Waals surface area contributed by atoms with Crippen LogP contribution < -0.4 is 40.2 Å². The van der Waals surface area contributed by atoms with Gasteiger partial charge in [-0.1, -0.05) is 0 Å². The molecule has 0 spiro atoms. The van der Waals surface area contributed by atoms with Gasteiger partial charge in [0.1, 0.15) is 11.6 Å². The van der Waals surface area contributed by atoms with E-state index in [9.17, 15) is 19.1 Å². The Morgan fingerprint density at radius 3 is 2.42 bits per heavy atom. The standard InChI is InChI=1S/C12H9FN2O3.Na/c1-7-14-6-10(12(17)18)11(16)15(7)9-4-2-8(13)3-5-9;/h2-6H,1H3,(H,17,18);/q;+1/p-1. The number of benzene rings is 1. The maximum absolute atomic E-state index is 12.8. The number of hydrogen-bond donors (Lipinski definition) is 0. The average Bonchev–Trinajstić information content (AvgIpc) is 2.31. The van der Waals surface area contributed by atoms with Crippen molar-refractivity contribution in [2.24, 2.45) is 0 Å². The number of carboxylic acids is 1. The Balaban J connectivity index is 0.00000180. The molecule has 0 saturated carbocycles. The maximum atomic E-state index is 12.8. The number of aryl methyl sites for hydroxylation is 1. The summed E-state index contributed by atoms with van der Waals surface area (Å²) in [6.45, 7) is 1.55. The minimum atomic E-state index is -1.59. The van der Waals surface area contributed by atoms with Gasteiger partial charge >= 0.3 is 29.6 Å². The fourth-order valence-electron chi connectivity index (χ4n) is 1.57. The minimum Gasteiger partial charge on any atom is -0.545 e. The van der Waals surface area contributed by atoms with E-state index in [2.05, 4.69) is 4.98 Å². The summed E-state index contributed by atoms with van der Waals surface area (Å²) in [4.78, 5) is 26.5. The van der Waals surface area contributed by atoms with E-state index in [1.807, 2.05) is 0 Å². The molecule has 19 heavy (non-hydrogen) atoms. The zero-order valence-electron chi connectivity index (χ0n) is 10.4. The number of aromatic nitrogens is 2. The zero-order chi connectivity index (χ0) is 13.3. The third kappa shape index (κ3) is 3.09. The van der Waals surface area contributed by atoms with Crippen LogP contribution in [0.5, 0.6) is 0 Å². The van der Waals surface area contributed by atoms with Gasteiger partial charge in [0.15, 0.2) is 0 Å². The molecular formula is C12H8FN2NaO3. The first kappa shape index (κ1) is 15.6.